The van der Waals surface area contributed by atoms with Crippen LogP contribution in [0.5, 0.6) is 0 Å². The second-order valence-electron chi connectivity index (χ2n) is 7.62. The molecule has 31 heavy (non-hydrogen) atoms. The molecule has 4 rings (SSSR count). The van der Waals surface area contributed by atoms with E-state index in [9.17, 15) is 13.2 Å². The molecule has 1 aliphatic rings. The van der Waals surface area contributed by atoms with Gasteiger partial charge in [0, 0.05) is 12.6 Å². The second kappa shape index (κ2) is 8.82. The quantitative estimate of drug-likeness (QED) is 0.541. The molecule has 0 saturated heterocycles. The number of halogens is 1. The first-order valence-corrected chi connectivity index (χ1v) is 11.9. The third kappa shape index (κ3) is 5.15. The van der Waals surface area contributed by atoms with Crippen molar-refractivity contribution in [2.75, 3.05) is 0 Å². The lowest BCUT2D eigenvalue weighted by molar-refractivity contribution is 0.0950. The Morgan fingerprint density at radius 1 is 1.10 bits per heavy atom. The van der Waals surface area contributed by atoms with Crippen molar-refractivity contribution in [2.45, 2.75) is 43.8 Å². The molecular weight excluding hydrogens is 436 g/mol. The van der Waals surface area contributed by atoms with Crippen LogP contribution in [0.2, 0.25) is 5.15 Å². The van der Waals surface area contributed by atoms with Crippen LogP contribution < -0.4 is 10.0 Å². The molecule has 2 aromatic carbocycles. The smallest absolute Gasteiger partial charge is 0.256 e. The first-order chi connectivity index (χ1) is 14.8. The molecule has 1 heterocycles. The zero-order valence-electron chi connectivity index (χ0n) is 17.0. The van der Waals surface area contributed by atoms with Crippen molar-refractivity contribution in [2.24, 2.45) is 0 Å². The molecule has 1 saturated carbocycles. The average molecular weight is 459 g/mol. The molecule has 1 fully saturated rings. The number of carbonyl (C=O) groups is 1. The summed E-state index contributed by atoms with van der Waals surface area (Å²) >= 11 is 6.44. The highest BCUT2D eigenvalue weighted by Gasteiger charge is 2.28. The van der Waals surface area contributed by atoms with Crippen LogP contribution in [0.25, 0.3) is 0 Å². The molecule has 0 bridgehead atoms. The van der Waals surface area contributed by atoms with Gasteiger partial charge in [0.25, 0.3) is 5.91 Å². The largest absolute Gasteiger partial charge is 0.348 e. The number of aromatic nitrogens is 2. The van der Waals surface area contributed by atoms with Crippen LogP contribution in [0, 0.1) is 6.92 Å². The highest BCUT2D eigenvalue weighted by atomic mass is 35.5. The van der Waals surface area contributed by atoms with E-state index in [1.54, 1.807) is 35.9 Å². The summed E-state index contributed by atoms with van der Waals surface area (Å²) in [5, 5.41) is 7.52. The Balaban J connectivity index is 1.40. The molecule has 7 nitrogen and oxygen atoms in total. The molecule has 0 atom stereocenters. The Kier molecular flexibility index (Phi) is 6.13. The Morgan fingerprint density at radius 2 is 1.77 bits per heavy atom. The minimum Gasteiger partial charge on any atom is -0.348 e. The van der Waals surface area contributed by atoms with Gasteiger partial charge in [0.15, 0.2) is 0 Å². The minimum absolute atomic E-state index is 0.0553. The fourth-order valence-corrected chi connectivity index (χ4v) is 4.84. The zero-order valence-corrected chi connectivity index (χ0v) is 18.6. The van der Waals surface area contributed by atoms with Gasteiger partial charge in [-0.1, -0.05) is 54.1 Å². The van der Waals surface area contributed by atoms with E-state index < -0.39 is 10.0 Å². The van der Waals surface area contributed by atoms with Gasteiger partial charge in [0.1, 0.15) is 5.15 Å². The van der Waals surface area contributed by atoms with Crippen molar-refractivity contribution < 1.29 is 13.2 Å². The summed E-state index contributed by atoms with van der Waals surface area (Å²) in [6, 6.07) is 16.3. The normalized spacial score (nSPS) is 13.9. The van der Waals surface area contributed by atoms with Crippen LogP contribution in [0.15, 0.2) is 59.5 Å². The number of hydrogen-bond donors (Lipinski definition) is 2. The monoisotopic (exact) mass is 458 g/mol. The molecule has 1 amide bonds. The van der Waals surface area contributed by atoms with Crippen molar-refractivity contribution in [3.63, 3.8) is 0 Å². The topological polar surface area (TPSA) is 93.1 Å². The van der Waals surface area contributed by atoms with Gasteiger partial charge in [-0.05, 0) is 43.0 Å². The number of nitrogens with zero attached hydrogens (tertiary/aromatic N) is 2. The molecule has 162 valence electrons. The van der Waals surface area contributed by atoms with Crippen LogP contribution in [-0.2, 0) is 23.1 Å². The second-order valence-corrected chi connectivity index (χ2v) is 9.69. The van der Waals surface area contributed by atoms with Crippen LogP contribution in [-0.4, -0.2) is 30.1 Å². The van der Waals surface area contributed by atoms with E-state index in [0.29, 0.717) is 17.8 Å². The number of nitrogens with one attached hydrogen (secondary N) is 2. The predicted octanol–water partition coefficient (Wildman–Crippen LogP) is 3.26. The summed E-state index contributed by atoms with van der Waals surface area (Å²) in [5.41, 5.74) is 2.70. The van der Waals surface area contributed by atoms with Crippen molar-refractivity contribution in [1.82, 2.24) is 19.8 Å². The van der Waals surface area contributed by atoms with Gasteiger partial charge < -0.3 is 5.32 Å². The molecule has 2 N–H and O–H groups in total. The van der Waals surface area contributed by atoms with Crippen molar-refractivity contribution >= 4 is 27.5 Å². The van der Waals surface area contributed by atoms with Gasteiger partial charge >= 0.3 is 0 Å². The minimum atomic E-state index is -3.49. The van der Waals surface area contributed by atoms with Crippen molar-refractivity contribution in [1.29, 1.82) is 0 Å². The molecule has 1 aromatic heterocycles. The fourth-order valence-electron chi connectivity index (χ4n) is 3.22. The average Bonchev–Trinajstić information content (AvgIpc) is 3.51. The van der Waals surface area contributed by atoms with Gasteiger partial charge in [0.2, 0.25) is 10.0 Å². The van der Waals surface area contributed by atoms with E-state index in [1.165, 1.54) is 0 Å². The number of benzene rings is 2. The van der Waals surface area contributed by atoms with Crippen LogP contribution in [0.3, 0.4) is 0 Å². The van der Waals surface area contributed by atoms with E-state index in [4.69, 9.17) is 11.6 Å². The number of hydrogen-bond acceptors (Lipinski definition) is 4. The summed E-state index contributed by atoms with van der Waals surface area (Å²) < 4.78 is 28.8. The first kappa shape index (κ1) is 21.5. The number of rotatable bonds is 8. The molecule has 3 aromatic rings. The number of carbonyl (C=O) groups excluding carboxylic acids is 1. The Bertz CT molecular complexity index is 1190. The van der Waals surface area contributed by atoms with E-state index in [1.807, 2.05) is 30.3 Å². The zero-order chi connectivity index (χ0) is 22.0. The molecule has 0 unspecified atom stereocenters. The van der Waals surface area contributed by atoms with Crippen LogP contribution in [0.4, 0.5) is 0 Å². The third-order valence-corrected chi connectivity index (χ3v) is 6.97. The molecule has 0 spiro atoms. The van der Waals surface area contributed by atoms with Crippen LogP contribution >= 0.6 is 11.6 Å². The highest BCUT2D eigenvalue weighted by Crippen LogP contribution is 2.23. The summed E-state index contributed by atoms with van der Waals surface area (Å²) in [4.78, 5) is 12.9. The van der Waals surface area contributed by atoms with Crippen LogP contribution in [0.1, 0.15) is 40.0 Å². The maximum atomic E-state index is 12.7. The Labute approximate surface area is 186 Å². The maximum absolute atomic E-state index is 12.7. The van der Waals surface area contributed by atoms with E-state index in [-0.39, 0.29) is 28.5 Å². The lowest BCUT2D eigenvalue weighted by atomic mass is 10.2. The van der Waals surface area contributed by atoms with Gasteiger partial charge in [-0.15, -0.1) is 0 Å². The molecule has 0 radical (unpaired) electrons. The molecule has 0 aliphatic heterocycles. The van der Waals surface area contributed by atoms with E-state index in [2.05, 4.69) is 15.1 Å². The SMILES string of the molecule is Cc1nn(Cc2ccccc2)c(Cl)c1C(=O)NCc1ccc(S(=O)(=O)NC2CC2)cc1. The van der Waals surface area contributed by atoms with E-state index >= 15 is 0 Å². The first-order valence-electron chi connectivity index (χ1n) is 10.00. The standard InChI is InChI=1S/C22H23ClN4O3S/c1-15-20(21(23)27(25-15)14-17-5-3-2-4-6-17)22(28)24-13-16-7-11-19(12-8-16)31(29,30)26-18-9-10-18/h2-8,11-12,18,26H,9-10,13-14H2,1H3,(H,24,28). The molecule has 9 heteroatoms. The number of sulfonamides is 1. The molecular formula is C22H23ClN4O3S. The predicted molar refractivity (Wildman–Crippen MR) is 118 cm³/mol. The maximum Gasteiger partial charge on any atom is 0.256 e. The van der Waals surface area contributed by atoms with Gasteiger partial charge in [-0.25, -0.2) is 17.8 Å². The van der Waals surface area contributed by atoms with Gasteiger partial charge in [-0.3, -0.25) is 4.79 Å². The highest BCUT2D eigenvalue weighted by molar-refractivity contribution is 7.89. The summed E-state index contributed by atoms with van der Waals surface area (Å²) in [6.45, 7) is 2.46. The van der Waals surface area contributed by atoms with Crippen molar-refractivity contribution in [3.05, 3.63) is 82.1 Å². The number of amides is 1. The van der Waals surface area contributed by atoms with Crippen molar-refractivity contribution in [3.8, 4) is 0 Å². The van der Waals surface area contributed by atoms with Gasteiger partial charge in [-0.2, -0.15) is 5.10 Å². The number of aryl methyl sites for hydroxylation is 1. The summed E-state index contributed by atoms with van der Waals surface area (Å²) in [5.74, 6) is -0.325. The summed E-state index contributed by atoms with van der Waals surface area (Å²) in [7, 11) is -3.49. The Morgan fingerprint density at radius 3 is 2.42 bits per heavy atom. The lowest BCUT2D eigenvalue weighted by Gasteiger charge is -2.08. The Hall–Kier alpha value is -2.68. The third-order valence-electron chi connectivity index (χ3n) is 5.05. The summed E-state index contributed by atoms with van der Waals surface area (Å²) in [6.07, 6.45) is 1.76. The lowest BCUT2D eigenvalue weighted by Crippen LogP contribution is -2.26. The molecule has 1 aliphatic carbocycles. The fraction of sp³-hybridized carbons (Fsp3) is 0.273. The van der Waals surface area contributed by atoms with E-state index in [0.717, 1.165) is 24.0 Å². The van der Waals surface area contributed by atoms with Gasteiger partial charge in [0.05, 0.1) is 22.7 Å².